The van der Waals surface area contributed by atoms with Crippen LogP contribution in [0.2, 0.25) is 0 Å². The fourth-order valence-electron chi connectivity index (χ4n) is 2.90. The van der Waals surface area contributed by atoms with Gasteiger partial charge >= 0.3 is 6.18 Å². The first-order valence-corrected chi connectivity index (χ1v) is 8.24. The molecule has 0 aliphatic rings. The number of benzene rings is 2. The maximum absolute atomic E-state index is 12.9. The number of aromatic nitrogens is 4. The van der Waals surface area contributed by atoms with Gasteiger partial charge in [0.15, 0.2) is 5.82 Å². The molecule has 9 heteroatoms. The summed E-state index contributed by atoms with van der Waals surface area (Å²) in [5, 5.41) is 7.12. The Morgan fingerprint density at radius 1 is 0.964 bits per heavy atom. The van der Waals surface area contributed by atoms with E-state index in [9.17, 15) is 13.2 Å². The van der Waals surface area contributed by atoms with Crippen LogP contribution in [0, 0.1) is 0 Å². The zero-order valence-corrected chi connectivity index (χ0v) is 14.9. The van der Waals surface area contributed by atoms with Crippen molar-refractivity contribution >= 4 is 11.0 Å². The number of halogens is 3. The molecule has 0 saturated heterocycles. The number of methoxy groups -OCH3 is 2. The number of fused-ring (bicyclic) bond motifs is 1. The van der Waals surface area contributed by atoms with E-state index in [0.717, 1.165) is 17.7 Å². The highest BCUT2D eigenvalue weighted by Crippen LogP contribution is 2.34. The van der Waals surface area contributed by atoms with E-state index in [2.05, 4.69) is 20.2 Å². The molecule has 2 N–H and O–H groups in total. The molecule has 0 amide bonds. The molecule has 0 spiro atoms. The number of ether oxygens (including phenoxy) is 2. The van der Waals surface area contributed by atoms with Gasteiger partial charge in [0.05, 0.1) is 36.5 Å². The molecule has 0 radical (unpaired) electrons. The Bertz CT molecular complexity index is 1150. The van der Waals surface area contributed by atoms with Crippen molar-refractivity contribution in [2.75, 3.05) is 14.2 Å². The van der Waals surface area contributed by atoms with E-state index < -0.39 is 11.7 Å². The number of aromatic amines is 2. The standard InChI is InChI=1S/C19H15F3N4O2/c1-27-11-4-5-12(17(8-11)28-2)14-9-16(26-25-14)18-23-13-6-3-10(19(20,21)22)7-15(13)24-18/h3-9H,1-2H3,(H,23,24)(H,25,26). The van der Waals surface area contributed by atoms with E-state index in [1.165, 1.54) is 6.07 Å². The average molecular weight is 388 g/mol. The molecular weight excluding hydrogens is 373 g/mol. The number of hydrogen-bond donors (Lipinski definition) is 2. The molecule has 4 aromatic rings. The van der Waals surface area contributed by atoms with Gasteiger partial charge in [-0.1, -0.05) is 0 Å². The normalized spacial score (nSPS) is 11.8. The van der Waals surface area contributed by atoms with E-state index in [1.807, 2.05) is 6.07 Å². The summed E-state index contributed by atoms with van der Waals surface area (Å²) in [5.74, 6) is 1.62. The van der Waals surface area contributed by atoms with Crippen molar-refractivity contribution in [2.45, 2.75) is 6.18 Å². The Morgan fingerprint density at radius 2 is 1.79 bits per heavy atom. The van der Waals surface area contributed by atoms with Gasteiger partial charge in [-0.2, -0.15) is 18.3 Å². The Kier molecular flexibility index (Phi) is 4.21. The van der Waals surface area contributed by atoms with Gasteiger partial charge < -0.3 is 14.5 Å². The monoisotopic (exact) mass is 388 g/mol. The molecule has 28 heavy (non-hydrogen) atoms. The third-order valence-corrected chi connectivity index (χ3v) is 4.33. The molecule has 2 aromatic carbocycles. The number of H-pyrrole nitrogens is 2. The minimum atomic E-state index is -4.41. The molecule has 6 nitrogen and oxygen atoms in total. The van der Waals surface area contributed by atoms with E-state index in [0.29, 0.717) is 39.7 Å². The zero-order chi connectivity index (χ0) is 19.9. The highest BCUT2D eigenvalue weighted by atomic mass is 19.4. The van der Waals surface area contributed by atoms with Gasteiger partial charge in [0, 0.05) is 11.6 Å². The van der Waals surface area contributed by atoms with Gasteiger partial charge in [-0.3, -0.25) is 5.10 Å². The van der Waals surface area contributed by atoms with Crippen LogP contribution in [0.3, 0.4) is 0 Å². The van der Waals surface area contributed by atoms with Gasteiger partial charge in [0.1, 0.15) is 17.2 Å². The fraction of sp³-hybridized carbons (Fsp3) is 0.158. The summed E-state index contributed by atoms with van der Waals surface area (Å²) in [6.07, 6.45) is -4.41. The molecule has 4 rings (SSSR count). The van der Waals surface area contributed by atoms with Gasteiger partial charge in [0.2, 0.25) is 0 Å². The first-order chi connectivity index (χ1) is 13.4. The smallest absolute Gasteiger partial charge is 0.416 e. The summed E-state index contributed by atoms with van der Waals surface area (Å²) in [7, 11) is 3.11. The fourth-order valence-corrected chi connectivity index (χ4v) is 2.90. The SMILES string of the molecule is COc1ccc(-c2cc(-c3nc4ccc(C(F)(F)F)cc4[nH]3)[nH]n2)c(OC)c1. The summed E-state index contributed by atoms with van der Waals surface area (Å²) < 4.78 is 49.2. The van der Waals surface area contributed by atoms with E-state index >= 15 is 0 Å². The minimum absolute atomic E-state index is 0.294. The lowest BCUT2D eigenvalue weighted by Gasteiger charge is -2.08. The summed E-state index contributed by atoms with van der Waals surface area (Å²) in [5.41, 5.74) is 1.87. The van der Waals surface area contributed by atoms with Crippen LogP contribution in [0.1, 0.15) is 5.56 Å². The topological polar surface area (TPSA) is 75.8 Å². The molecule has 0 saturated carbocycles. The molecule has 0 aliphatic carbocycles. The molecule has 0 atom stereocenters. The Labute approximate surface area is 157 Å². The molecule has 0 bridgehead atoms. The second-order valence-electron chi connectivity index (χ2n) is 6.05. The number of imidazole rings is 1. The third-order valence-electron chi connectivity index (χ3n) is 4.33. The maximum atomic E-state index is 12.9. The van der Waals surface area contributed by atoms with Gasteiger partial charge in [-0.05, 0) is 36.4 Å². The first-order valence-electron chi connectivity index (χ1n) is 8.24. The lowest BCUT2D eigenvalue weighted by Crippen LogP contribution is -2.04. The number of nitrogens with zero attached hydrogens (tertiary/aromatic N) is 2. The summed E-state index contributed by atoms with van der Waals surface area (Å²) in [6.45, 7) is 0. The van der Waals surface area contributed by atoms with Gasteiger partial charge in [0.25, 0.3) is 0 Å². The lowest BCUT2D eigenvalue weighted by molar-refractivity contribution is -0.137. The van der Waals surface area contributed by atoms with E-state index in [1.54, 1.807) is 32.4 Å². The number of hydrogen-bond acceptors (Lipinski definition) is 4. The molecule has 0 fully saturated rings. The second-order valence-corrected chi connectivity index (χ2v) is 6.05. The summed E-state index contributed by atoms with van der Waals surface area (Å²) >= 11 is 0. The highest BCUT2D eigenvalue weighted by molar-refractivity contribution is 5.80. The zero-order valence-electron chi connectivity index (χ0n) is 14.9. The van der Waals surface area contributed by atoms with Crippen molar-refractivity contribution in [1.82, 2.24) is 20.2 Å². The van der Waals surface area contributed by atoms with E-state index in [-0.39, 0.29) is 0 Å². The van der Waals surface area contributed by atoms with Crippen molar-refractivity contribution in [3.05, 3.63) is 48.0 Å². The van der Waals surface area contributed by atoms with Crippen LogP contribution in [-0.4, -0.2) is 34.4 Å². The Balaban J connectivity index is 1.71. The van der Waals surface area contributed by atoms with Crippen molar-refractivity contribution in [1.29, 1.82) is 0 Å². The van der Waals surface area contributed by atoms with Crippen LogP contribution in [0.5, 0.6) is 11.5 Å². The Morgan fingerprint density at radius 3 is 2.50 bits per heavy atom. The molecular formula is C19H15F3N4O2. The van der Waals surface area contributed by atoms with Crippen LogP contribution in [0.25, 0.3) is 33.8 Å². The number of nitrogens with one attached hydrogen (secondary N) is 2. The third kappa shape index (κ3) is 3.15. The predicted octanol–water partition coefficient (Wildman–Crippen LogP) is 4.66. The second kappa shape index (κ2) is 6.59. The maximum Gasteiger partial charge on any atom is 0.416 e. The molecule has 0 aliphatic heterocycles. The summed E-state index contributed by atoms with van der Waals surface area (Å²) in [6, 6.07) is 10.5. The predicted molar refractivity (Wildman–Crippen MR) is 97.2 cm³/mol. The Hall–Kier alpha value is -3.49. The highest BCUT2D eigenvalue weighted by Gasteiger charge is 2.30. The average Bonchev–Trinajstić information content (AvgIpc) is 3.32. The van der Waals surface area contributed by atoms with Crippen LogP contribution in [-0.2, 0) is 6.18 Å². The van der Waals surface area contributed by atoms with Crippen LogP contribution >= 0.6 is 0 Å². The largest absolute Gasteiger partial charge is 0.497 e. The molecule has 144 valence electrons. The van der Waals surface area contributed by atoms with Crippen LogP contribution in [0.15, 0.2) is 42.5 Å². The molecule has 2 heterocycles. The van der Waals surface area contributed by atoms with Crippen molar-refractivity contribution in [3.8, 4) is 34.3 Å². The molecule has 2 aromatic heterocycles. The van der Waals surface area contributed by atoms with E-state index in [4.69, 9.17) is 9.47 Å². The van der Waals surface area contributed by atoms with Crippen molar-refractivity contribution in [2.24, 2.45) is 0 Å². The summed E-state index contributed by atoms with van der Waals surface area (Å²) in [4.78, 5) is 7.24. The van der Waals surface area contributed by atoms with Gasteiger partial charge in [-0.25, -0.2) is 4.98 Å². The van der Waals surface area contributed by atoms with Crippen LogP contribution < -0.4 is 9.47 Å². The first kappa shape index (κ1) is 17.9. The van der Waals surface area contributed by atoms with Crippen LogP contribution in [0.4, 0.5) is 13.2 Å². The van der Waals surface area contributed by atoms with Crippen molar-refractivity contribution in [3.63, 3.8) is 0 Å². The molecule has 0 unspecified atom stereocenters. The van der Waals surface area contributed by atoms with Gasteiger partial charge in [-0.15, -0.1) is 0 Å². The lowest BCUT2D eigenvalue weighted by atomic mass is 10.1. The quantitative estimate of drug-likeness (QED) is 0.533. The van der Waals surface area contributed by atoms with Crippen molar-refractivity contribution < 1.29 is 22.6 Å². The minimum Gasteiger partial charge on any atom is -0.497 e. The number of alkyl halides is 3. The number of rotatable bonds is 4.